The number of nitrogens with zero attached hydrogens (tertiary/aromatic N) is 4. The molecule has 31 heavy (non-hydrogen) atoms. The fourth-order valence-corrected chi connectivity index (χ4v) is 3.69. The van der Waals surface area contributed by atoms with Crippen molar-refractivity contribution in [2.45, 2.75) is 31.5 Å². The molecule has 3 aromatic heterocycles. The van der Waals surface area contributed by atoms with Gasteiger partial charge in [0.1, 0.15) is 11.2 Å². The van der Waals surface area contributed by atoms with Crippen molar-refractivity contribution in [3.05, 3.63) is 48.4 Å². The second-order valence-electron chi connectivity index (χ2n) is 7.46. The molecule has 1 N–H and O–H groups in total. The Balaban J connectivity index is 1.54. The Morgan fingerprint density at radius 2 is 1.81 bits per heavy atom. The van der Waals surface area contributed by atoms with Gasteiger partial charge < -0.3 is 5.32 Å². The molecule has 3 aromatic rings. The number of piperidine rings is 1. The van der Waals surface area contributed by atoms with E-state index in [0.29, 0.717) is 35.4 Å². The Hall–Kier alpha value is -2.88. The zero-order valence-corrected chi connectivity index (χ0v) is 16.4. The van der Waals surface area contributed by atoms with Gasteiger partial charge in [-0.05, 0) is 43.2 Å². The molecule has 0 aliphatic carbocycles. The summed E-state index contributed by atoms with van der Waals surface area (Å²) in [7, 11) is 0. The van der Waals surface area contributed by atoms with Gasteiger partial charge in [0.25, 0.3) is 6.43 Å². The first-order valence-electron chi connectivity index (χ1n) is 9.86. The molecule has 0 atom stereocenters. The first-order chi connectivity index (χ1) is 14.8. The van der Waals surface area contributed by atoms with E-state index in [0.717, 1.165) is 30.8 Å². The van der Waals surface area contributed by atoms with Crippen LogP contribution in [-0.2, 0) is 6.18 Å². The van der Waals surface area contributed by atoms with Crippen molar-refractivity contribution in [2.75, 3.05) is 25.0 Å². The summed E-state index contributed by atoms with van der Waals surface area (Å²) in [6, 6.07) is 7.61. The van der Waals surface area contributed by atoms with Crippen LogP contribution in [0.15, 0.2) is 42.7 Å². The van der Waals surface area contributed by atoms with Crippen molar-refractivity contribution < 1.29 is 22.0 Å². The minimum absolute atomic E-state index is 0.109. The number of fused-ring (bicyclic) bond motifs is 1. The molecule has 10 heteroatoms. The summed E-state index contributed by atoms with van der Waals surface area (Å²) in [6.07, 6.45) is -2.59. The number of halogens is 5. The number of nitrogens with one attached hydrogen (secondary N) is 1. The molecule has 1 fully saturated rings. The molecular weight excluding hydrogens is 417 g/mol. The van der Waals surface area contributed by atoms with Crippen molar-refractivity contribution in [3.63, 3.8) is 0 Å². The summed E-state index contributed by atoms with van der Waals surface area (Å²) in [6.45, 7) is 0.957. The van der Waals surface area contributed by atoms with Gasteiger partial charge >= 0.3 is 6.18 Å². The number of pyridine rings is 3. The third-order valence-corrected chi connectivity index (χ3v) is 5.28. The lowest BCUT2D eigenvalue weighted by atomic mass is 10.0. The Bertz CT molecular complexity index is 1030. The van der Waals surface area contributed by atoms with E-state index in [4.69, 9.17) is 0 Å². The van der Waals surface area contributed by atoms with Crippen LogP contribution in [-0.4, -0.2) is 52.0 Å². The summed E-state index contributed by atoms with van der Waals surface area (Å²) in [5, 5.41) is 3.42. The summed E-state index contributed by atoms with van der Waals surface area (Å²) < 4.78 is 63.4. The van der Waals surface area contributed by atoms with Gasteiger partial charge in [-0.15, -0.1) is 0 Å². The summed E-state index contributed by atoms with van der Waals surface area (Å²) in [5.41, 5.74) is 1.97. The molecule has 0 spiro atoms. The highest BCUT2D eigenvalue weighted by atomic mass is 19.4. The second kappa shape index (κ2) is 8.70. The average Bonchev–Trinajstić information content (AvgIpc) is 2.74. The van der Waals surface area contributed by atoms with E-state index in [2.05, 4.69) is 20.3 Å². The highest BCUT2D eigenvalue weighted by Gasteiger charge is 2.32. The topological polar surface area (TPSA) is 53.9 Å². The monoisotopic (exact) mass is 437 g/mol. The van der Waals surface area contributed by atoms with Crippen molar-refractivity contribution in [1.82, 2.24) is 19.9 Å². The van der Waals surface area contributed by atoms with Crippen LogP contribution < -0.4 is 5.32 Å². The van der Waals surface area contributed by atoms with Crippen LogP contribution >= 0.6 is 0 Å². The van der Waals surface area contributed by atoms with Crippen LogP contribution in [0.4, 0.5) is 27.6 Å². The van der Waals surface area contributed by atoms with E-state index in [1.807, 2.05) is 0 Å². The fourth-order valence-electron chi connectivity index (χ4n) is 3.69. The maximum Gasteiger partial charge on any atom is 0.433 e. The maximum atomic E-state index is 12.8. The van der Waals surface area contributed by atoms with Crippen molar-refractivity contribution >= 4 is 16.7 Å². The molecule has 0 bridgehead atoms. The molecule has 5 nitrogen and oxygen atoms in total. The van der Waals surface area contributed by atoms with Gasteiger partial charge in [0.2, 0.25) is 0 Å². The predicted molar refractivity (Wildman–Crippen MR) is 107 cm³/mol. The molecule has 4 rings (SSSR count). The van der Waals surface area contributed by atoms with Crippen LogP contribution in [0.2, 0.25) is 0 Å². The Morgan fingerprint density at radius 3 is 2.45 bits per heavy atom. The molecule has 0 saturated carbocycles. The zero-order valence-electron chi connectivity index (χ0n) is 16.4. The molecule has 0 aromatic carbocycles. The van der Waals surface area contributed by atoms with Crippen LogP contribution in [0.1, 0.15) is 18.5 Å². The Labute approximate surface area is 175 Å². The Kier molecular flexibility index (Phi) is 5.99. The highest BCUT2D eigenvalue weighted by molar-refractivity contribution is 5.89. The number of hydrogen-bond acceptors (Lipinski definition) is 5. The minimum Gasteiger partial charge on any atom is -0.380 e. The predicted octanol–water partition coefficient (Wildman–Crippen LogP) is 4.85. The molecule has 1 aliphatic rings. The lowest BCUT2D eigenvalue weighted by Crippen LogP contribution is -2.41. The van der Waals surface area contributed by atoms with E-state index in [-0.39, 0.29) is 12.6 Å². The van der Waals surface area contributed by atoms with Gasteiger partial charge in [0, 0.05) is 37.1 Å². The lowest BCUT2D eigenvalue weighted by molar-refractivity contribution is -0.141. The quantitative estimate of drug-likeness (QED) is 0.579. The van der Waals surface area contributed by atoms with Crippen LogP contribution in [0.25, 0.3) is 22.3 Å². The molecule has 1 saturated heterocycles. The lowest BCUT2D eigenvalue weighted by Gasteiger charge is -2.32. The molecule has 0 radical (unpaired) electrons. The molecule has 4 heterocycles. The number of rotatable bonds is 5. The first kappa shape index (κ1) is 21.4. The average molecular weight is 437 g/mol. The van der Waals surface area contributed by atoms with Gasteiger partial charge in [-0.25, -0.2) is 13.8 Å². The molecule has 1 aliphatic heterocycles. The van der Waals surface area contributed by atoms with Crippen molar-refractivity contribution in [1.29, 1.82) is 0 Å². The summed E-state index contributed by atoms with van der Waals surface area (Å²) >= 11 is 0. The maximum absolute atomic E-state index is 12.8. The highest BCUT2D eigenvalue weighted by Crippen LogP contribution is 2.30. The van der Waals surface area contributed by atoms with Gasteiger partial charge in [0.05, 0.1) is 23.4 Å². The number of alkyl halides is 5. The standard InChI is InChI=1S/C21H20F5N5/c22-19(23)12-31-9-6-14(7-10-31)29-17-5-8-27-16-3-2-15(30-20(16)17)13-1-4-18(28-11-13)21(24,25)26/h1-5,8,11,14,19H,6-7,9-10,12H2,(H,27,29). The molecule has 164 valence electrons. The van der Waals surface area contributed by atoms with E-state index in [9.17, 15) is 22.0 Å². The van der Waals surface area contributed by atoms with Crippen molar-refractivity contribution in [2.24, 2.45) is 0 Å². The first-order valence-corrected chi connectivity index (χ1v) is 9.86. The fraction of sp³-hybridized carbons (Fsp3) is 0.381. The normalized spacial score (nSPS) is 16.2. The summed E-state index contributed by atoms with van der Waals surface area (Å²) in [4.78, 5) is 14.2. The zero-order chi connectivity index (χ0) is 22.0. The molecule has 0 amide bonds. The van der Waals surface area contributed by atoms with Crippen LogP contribution in [0.3, 0.4) is 0 Å². The molecular formula is C21H20F5N5. The van der Waals surface area contributed by atoms with E-state index < -0.39 is 18.3 Å². The van der Waals surface area contributed by atoms with Gasteiger partial charge in [-0.2, -0.15) is 13.2 Å². The number of hydrogen-bond donors (Lipinski definition) is 1. The third-order valence-electron chi connectivity index (χ3n) is 5.28. The van der Waals surface area contributed by atoms with E-state index in [1.54, 1.807) is 29.3 Å². The van der Waals surface area contributed by atoms with E-state index in [1.165, 1.54) is 6.07 Å². The SMILES string of the molecule is FC(F)CN1CCC(Nc2ccnc3ccc(-c4ccc(C(F)(F)F)nc4)nc23)CC1. The Morgan fingerprint density at radius 1 is 1.03 bits per heavy atom. The van der Waals surface area contributed by atoms with Gasteiger partial charge in [-0.1, -0.05) is 0 Å². The van der Waals surface area contributed by atoms with E-state index >= 15 is 0 Å². The van der Waals surface area contributed by atoms with Gasteiger partial charge in [0.15, 0.2) is 0 Å². The number of likely N-dealkylation sites (tertiary alicyclic amines) is 1. The minimum atomic E-state index is -4.50. The third kappa shape index (κ3) is 5.07. The summed E-state index contributed by atoms with van der Waals surface area (Å²) in [5.74, 6) is 0. The number of anilines is 1. The van der Waals surface area contributed by atoms with Crippen LogP contribution in [0, 0.1) is 0 Å². The van der Waals surface area contributed by atoms with Crippen molar-refractivity contribution in [3.8, 4) is 11.3 Å². The van der Waals surface area contributed by atoms with Crippen LogP contribution in [0.5, 0.6) is 0 Å². The second-order valence-corrected chi connectivity index (χ2v) is 7.46. The van der Waals surface area contributed by atoms with Gasteiger partial charge in [-0.3, -0.25) is 14.9 Å². The smallest absolute Gasteiger partial charge is 0.380 e. The number of aromatic nitrogens is 3. The largest absolute Gasteiger partial charge is 0.433 e. The molecule has 0 unspecified atom stereocenters.